The number of benzene rings is 2. The van der Waals surface area contributed by atoms with Crippen LogP contribution in [0.1, 0.15) is 11.1 Å². The molecule has 24 heavy (non-hydrogen) atoms. The van der Waals surface area contributed by atoms with Crippen LogP contribution in [0, 0.1) is 0 Å². The highest BCUT2D eigenvalue weighted by Crippen LogP contribution is 2.27. The van der Waals surface area contributed by atoms with Crippen molar-refractivity contribution < 1.29 is 9.53 Å². The van der Waals surface area contributed by atoms with Crippen LogP contribution in [0.3, 0.4) is 0 Å². The Balaban J connectivity index is 1.71. The molecule has 0 saturated carbocycles. The topological polar surface area (TPSA) is 38.3 Å². The van der Waals surface area contributed by atoms with Crippen LogP contribution in [0.2, 0.25) is 10.0 Å². The van der Waals surface area contributed by atoms with Crippen molar-refractivity contribution in [1.82, 2.24) is 5.32 Å². The average molecular weight is 396 g/mol. The lowest BCUT2D eigenvalue weighted by molar-refractivity contribution is -0.115. The van der Waals surface area contributed by atoms with Crippen molar-refractivity contribution in [1.29, 1.82) is 0 Å². The van der Waals surface area contributed by atoms with Gasteiger partial charge < -0.3 is 10.1 Å². The minimum Gasteiger partial charge on any atom is -0.489 e. The lowest BCUT2D eigenvalue weighted by Gasteiger charge is -2.08. The molecule has 7 heteroatoms. The third-order valence-electron chi connectivity index (χ3n) is 3.19. The number of carbonyl (C=O) groups excluding carboxylic acids is 1. The van der Waals surface area contributed by atoms with E-state index in [9.17, 15) is 4.79 Å². The molecule has 0 aromatic heterocycles. The van der Waals surface area contributed by atoms with Gasteiger partial charge in [-0.25, -0.2) is 0 Å². The third kappa shape index (κ3) is 4.30. The quantitative estimate of drug-likeness (QED) is 0.579. The summed E-state index contributed by atoms with van der Waals surface area (Å²) >= 11 is 18.1. The van der Waals surface area contributed by atoms with Gasteiger partial charge in [-0.3, -0.25) is 4.79 Å². The molecular formula is C17H11Cl2NO2S2. The molecule has 1 heterocycles. The second-order valence-electron chi connectivity index (χ2n) is 4.96. The summed E-state index contributed by atoms with van der Waals surface area (Å²) in [5.41, 5.74) is 1.79. The van der Waals surface area contributed by atoms with Crippen molar-refractivity contribution in [3.05, 3.63) is 68.5 Å². The van der Waals surface area contributed by atoms with E-state index in [1.54, 1.807) is 18.2 Å². The van der Waals surface area contributed by atoms with E-state index in [1.165, 1.54) is 11.8 Å². The Morgan fingerprint density at radius 1 is 1.17 bits per heavy atom. The largest absolute Gasteiger partial charge is 0.489 e. The van der Waals surface area contributed by atoms with E-state index in [0.717, 1.165) is 11.1 Å². The second kappa shape index (κ2) is 7.57. The molecule has 2 aromatic carbocycles. The molecule has 0 spiro atoms. The Morgan fingerprint density at radius 3 is 2.71 bits per heavy atom. The maximum Gasteiger partial charge on any atom is 0.263 e. The van der Waals surface area contributed by atoms with Gasteiger partial charge in [0.15, 0.2) is 0 Å². The molecule has 1 amide bonds. The number of rotatable bonds is 4. The zero-order valence-corrected chi connectivity index (χ0v) is 15.4. The summed E-state index contributed by atoms with van der Waals surface area (Å²) in [7, 11) is 0. The van der Waals surface area contributed by atoms with E-state index in [1.807, 2.05) is 30.3 Å². The number of hydrogen-bond donors (Lipinski definition) is 1. The van der Waals surface area contributed by atoms with Gasteiger partial charge in [0.2, 0.25) is 0 Å². The molecule has 0 unspecified atom stereocenters. The lowest BCUT2D eigenvalue weighted by atomic mass is 10.2. The molecule has 0 atom stereocenters. The van der Waals surface area contributed by atoms with Gasteiger partial charge in [0.25, 0.3) is 5.91 Å². The van der Waals surface area contributed by atoms with Crippen LogP contribution in [0.4, 0.5) is 0 Å². The molecule has 0 bridgehead atoms. The van der Waals surface area contributed by atoms with Crippen LogP contribution in [0.5, 0.6) is 5.75 Å². The Hall–Kier alpha value is -1.53. The number of thioether (sulfide) groups is 1. The summed E-state index contributed by atoms with van der Waals surface area (Å²) in [5, 5.41) is 3.60. The second-order valence-corrected chi connectivity index (χ2v) is 7.50. The molecule has 1 aliphatic heterocycles. The average Bonchev–Trinajstić information content (AvgIpc) is 2.86. The van der Waals surface area contributed by atoms with Crippen molar-refractivity contribution in [2.45, 2.75) is 6.61 Å². The number of thiocarbonyl (C=S) groups is 1. The minimum atomic E-state index is -0.174. The van der Waals surface area contributed by atoms with Crippen LogP contribution >= 0.6 is 47.2 Å². The van der Waals surface area contributed by atoms with E-state index in [2.05, 4.69) is 5.32 Å². The molecule has 122 valence electrons. The van der Waals surface area contributed by atoms with Crippen LogP contribution in [0.25, 0.3) is 6.08 Å². The number of ether oxygens (including phenoxy) is 1. The number of hydrogen-bond acceptors (Lipinski definition) is 4. The highest BCUT2D eigenvalue weighted by atomic mass is 35.5. The van der Waals surface area contributed by atoms with E-state index in [4.69, 9.17) is 40.2 Å². The minimum absolute atomic E-state index is 0.174. The van der Waals surface area contributed by atoms with Gasteiger partial charge in [-0.1, -0.05) is 65.4 Å². The van der Waals surface area contributed by atoms with Gasteiger partial charge in [0, 0.05) is 0 Å². The molecule has 1 aliphatic rings. The number of amides is 1. The number of carbonyl (C=O) groups is 1. The molecule has 1 saturated heterocycles. The van der Waals surface area contributed by atoms with Crippen molar-refractivity contribution >= 4 is 63.5 Å². The highest BCUT2D eigenvalue weighted by Gasteiger charge is 2.21. The first-order valence-electron chi connectivity index (χ1n) is 6.93. The van der Waals surface area contributed by atoms with E-state index in [0.29, 0.717) is 31.6 Å². The Kier molecular flexibility index (Phi) is 5.46. The monoisotopic (exact) mass is 395 g/mol. The summed E-state index contributed by atoms with van der Waals surface area (Å²) in [6.07, 6.45) is 1.78. The van der Waals surface area contributed by atoms with Crippen LogP contribution < -0.4 is 10.1 Å². The molecule has 0 aliphatic carbocycles. The SMILES string of the molecule is O=C1NC(=S)SC1=Cc1cccc(OCc2ccc(Cl)c(Cl)c2)c1. The Labute approximate surface area is 159 Å². The van der Waals surface area contributed by atoms with Crippen molar-refractivity contribution in [2.75, 3.05) is 0 Å². The fourth-order valence-corrected chi connectivity index (χ4v) is 3.43. The van der Waals surface area contributed by atoms with E-state index < -0.39 is 0 Å². The molecule has 3 nitrogen and oxygen atoms in total. The molecule has 1 N–H and O–H groups in total. The van der Waals surface area contributed by atoms with Gasteiger partial charge in [-0.05, 0) is 41.5 Å². The number of halogens is 2. The van der Waals surface area contributed by atoms with Gasteiger partial charge in [-0.15, -0.1) is 0 Å². The first-order chi connectivity index (χ1) is 11.5. The maximum absolute atomic E-state index is 11.7. The van der Waals surface area contributed by atoms with Crippen molar-refractivity contribution in [3.63, 3.8) is 0 Å². The van der Waals surface area contributed by atoms with Crippen molar-refractivity contribution in [2.24, 2.45) is 0 Å². The first-order valence-corrected chi connectivity index (χ1v) is 8.91. The summed E-state index contributed by atoms with van der Waals surface area (Å²) in [5.74, 6) is 0.522. The summed E-state index contributed by atoms with van der Waals surface area (Å²) in [4.78, 5) is 12.3. The summed E-state index contributed by atoms with van der Waals surface area (Å²) in [6.45, 7) is 0.371. The van der Waals surface area contributed by atoms with Crippen LogP contribution in [-0.4, -0.2) is 10.2 Å². The standard InChI is InChI=1S/C17H11Cl2NO2S2/c18-13-5-4-11(7-14(13)19)9-22-12-3-1-2-10(6-12)8-15-16(21)20-17(23)24-15/h1-8H,9H2,(H,20,21,23). The fourth-order valence-electron chi connectivity index (χ4n) is 2.06. The van der Waals surface area contributed by atoms with Crippen molar-refractivity contribution in [3.8, 4) is 5.75 Å². The Morgan fingerprint density at radius 2 is 2.00 bits per heavy atom. The highest BCUT2D eigenvalue weighted by molar-refractivity contribution is 8.26. The van der Waals surface area contributed by atoms with Crippen LogP contribution in [-0.2, 0) is 11.4 Å². The molecule has 1 fully saturated rings. The summed E-state index contributed by atoms with van der Waals surface area (Å²) < 4.78 is 6.25. The molecule has 3 rings (SSSR count). The number of nitrogens with one attached hydrogen (secondary N) is 1. The van der Waals surface area contributed by atoms with E-state index in [-0.39, 0.29) is 5.91 Å². The van der Waals surface area contributed by atoms with E-state index >= 15 is 0 Å². The Bertz CT molecular complexity index is 852. The molecular weight excluding hydrogens is 385 g/mol. The van der Waals surface area contributed by atoms with Gasteiger partial charge in [-0.2, -0.15) is 0 Å². The zero-order chi connectivity index (χ0) is 17.1. The maximum atomic E-state index is 11.7. The lowest BCUT2D eigenvalue weighted by Crippen LogP contribution is -2.17. The molecule has 2 aromatic rings. The third-order valence-corrected chi connectivity index (χ3v) is 5.09. The predicted molar refractivity (Wildman–Crippen MR) is 104 cm³/mol. The van der Waals surface area contributed by atoms with Gasteiger partial charge in [0.05, 0.1) is 15.0 Å². The zero-order valence-electron chi connectivity index (χ0n) is 12.2. The molecule has 0 radical (unpaired) electrons. The first kappa shape index (κ1) is 17.3. The summed E-state index contributed by atoms with van der Waals surface area (Å²) in [6, 6.07) is 12.9. The van der Waals surface area contributed by atoms with Gasteiger partial charge in [0.1, 0.15) is 16.7 Å². The smallest absolute Gasteiger partial charge is 0.263 e. The van der Waals surface area contributed by atoms with Gasteiger partial charge >= 0.3 is 0 Å². The normalized spacial score (nSPS) is 15.7. The van der Waals surface area contributed by atoms with Crippen LogP contribution in [0.15, 0.2) is 47.4 Å². The fraction of sp³-hybridized carbons (Fsp3) is 0.0588. The predicted octanol–water partition coefficient (Wildman–Crippen LogP) is 5.06.